The van der Waals surface area contributed by atoms with Crippen molar-refractivity contribution in [3.63, 3.8) is 0 Å². The molecule has 1 amide bonds. The van der Waals surface area contributed by atoms with Gasteiger partial charge in [-0.3, -0.25) is 9.89 Å². The van der Waals surface area contributed by atoms with Crippen LogP contribution in [-0.4, -0.2) is 47.3 Å². The van der Waals surface area contributed by atoms with Gasteiger partial charge in [0, 0.05) is 37.5 Å². The van der Waals surface area contributed by atoms with Crippen LogP contribution in [0.4, 0.5) is 0 Å². The molecule has 1 atom stereocenters. The highest BCUT2D eigenvalue weighted by atomic mass is 16.5. The highest BCUT2D eigenvalue weighted by Crippen LogP contribution is 2.25. The number of hydrogen-bond donors (Lipinski definition) is 1. The van der Waals surface area contributed by atoms with Crippen molar-refractivity contribution >= 4 is 5.91 Å². The van der Waals surface area contributed by atoms with E-state index in [9.17, 15) is 4.79 Å². The molecule has 1 fully saturated rings. The fraction of sp³-hybridized carbons (Fsp3) is 0.667. The van der Waals surface area contributed by atoms with Gasteiger partial charge in [-0.15, -0.1) is 0 Å². The lowest BCUT2D eigenvalue weighted by Crippen LogP contribution is -2.41. The van der Waals surface area contributed by atoms with E-state index in [-0.39, 0.29) is 12.5 Å². The summed E-state index contributed by atoms with van der Waals surface area (Å²) in [5, 5.41) is 6.95. The number of carbonyl (C=O) groups is 1. The monoisotopic (exact) mass is 237 g/mol. The molecule has 1 aliphatic rings. The molecule has 5 heteroatoms. The average molecular weight is 237 g/mol. The smallest absolute Gasteiger partial charge is 0.248 e. The molecule has 2 rings (SSSR count). The second-order valence-electron chi connectivity index (χ2n) is 4.33. The normalized spacial score (nSPS) is 20.5. The molecular weight excluding hydrogens is 218 g/mol. The zero-order chi connectivity index (χ0) is 12.1. The van der Waals surface area contributed by atoms with Crippen LogP contribution >= 0.6 is 0 Å². The first-order valence-corrected chi connectivity index (χ1v) is 6.16. The van der Waals surface area contributed by atoms with Crippen LogP contribution in [0.3, 0.4) is 0 Å². The number of hydrogen-bond acceptors (Lipinski definition) is 3. The molecule has 17 heavy (non-hydrogen) atoms. The quantitative estimate of drug-likeness (QED) is 0.854. The zero-order valence-electron chi connectivity index (χ0n) is 10.2. The van der Waals surface area contributed by atoms with E-state index in [0.29, 0.717) is 12.5 Å². The Morgan fingerprint density at radius 2 is 2.59 bits per heavy atom. The predicted molar refractivity (Wildman–Crippen MR) is 63.6 cm³/mol. The summed E-state index contributed by atoms with van der Waals surface area (Å²) in [6.45, 7) is 4.30. The minimum absolute atomic E-state index is 0.0936. The van der Waals surface area contributed by atoms with Crippen LogP contribution < -0.4 is 0 Å². The van der Waals surface area contributed by atoms with Gasteiger partial charge in [-0.05, 0) is 25.8 Å². The molecule has 0 aliphatic carbocycles. The molecule has 0 radical (unpaired) electrons. The van der Waals surface area contributed by atoms with Gasteiger partial charge in [-0.25, -0.2) is 0 Å². The van der Waals surface area contributed by atoms with Crippen LogP contribution in [-0.2, 0) is 9.53 Å². The van der Waals surface area contributed by atoms with Crippen molar-refractivity contribution in [2.45, 2.75) is 25.7 Å². The van der Waals surface area contributed by atoms with Crippen LogP contribution in [0.25, 0.3) is 0 Å². The number of aromatic nitrogens is 2. The van der Waals surface area contributed by atoms with Crippen molar-refractivity contribution in [3.8, 4) is 0 Å². The molecule has 1 N–H and O–H groups in total. The summed E-state index contributed by atoms with van der Waals surface area (Å²) < 4.78 is 5.16. The molecule has 5 nitrogen and oxygen atoms in total. The molecular formula is C12H19N3O2. The van der Waals surface area contributed by atoms with Crippen molar-refractivity contribution in [1.29, 1.82) is 0 Å². The summed E-state index contributed by atoms with van der Waals surface area (Å²) in [7, 11) is 0. The first kappa shape index (κ1) is 12.1. The van der Waals surface area contributed by atoms with Gasteiger partial charge in [0.2, 0.25) is 5.91 Å². The number of aromatic amines is 1. The summed E-state index contributed by atoms with van der Waals surface area (Å²) in [5.41, 5.74) is 1.12. The van der Waals surface area contributed by atoms with E-state index in [2.05, 4.69) is 10.2 Å². The highest BCUT2D eigenvalue weighted by Gasteiger charge is 2.25. The van der Waals surface area contributed by atoms with E-state index >= 15 is 0 Å². The van der Waals surface area contributed by atoms with E-state index in [0.717, 1.165) is 31.6 Å². The fourth-order valence-corrected chi connectivity index (χ4v) is 2.23. The van der Waals surface area contributed by atoms with Crippen molar-refractivity contribution in [2.24, 2.45) is 0 Å². The Hall–Kier alpha value is -1.36. The van der Waals surface area contributed by atoms with Gasteiger partial charge in [-0.1, -0.05) is 0 Å². The Balaban J connectivity index is 1.90. The van der Waals surface area contributed by atoms with Gasteiger partial charge in [0.25, 0.3) is 0 Å². The number of H-pyrrole nitrogens is 1. The number of nitrogens with zero attached hydrogens (tertiary/aromatic N) is 2. The number of carbonyl (C=O) groups excluding carboxylic acids is 1. The Bertz CT molecular complexity index is 351. The molecule has 0 saturated carbocycles. The molecule has 1 aliphatic heterocycles. The van der Waals surface area contributed by atoms with Gasteiger partial charge in [-0.2, -0.15) is 5.10 Å². The second kappa shape index (κ2) is 5.82. The molecule has 94 valence electrons. The van der Waals surface area contributed by atoms with Crippen molar-refractivity contribution in [2.75, 3.05) is 26.3 Å². The number of amides is 1. The van der Waals surface area contributed by atoms with Gasteiger partial charge in [0.1, 0.15) is 6.61 Å². The number of piperidine rings is 1. The van der Waals surface area contributed by atoms with Crippen molar-refractivity contribution in [3.05, 3.63) is 18.0 Å². The maximum atomic E-state index is 11.8. The number of rotatable bonds is 4. The third kappa shape index (κ3) is 3.06. The topological polar surface area (TPSA) is 58.2 Å². The van der Waals surface area contributed by atoms with E-state index in [4.69, 9.17) is 4.74 Å². The summed E-state index contributed by atoms with van der Waals surface area (Å²) in [6.07, 6.45) is 3.92. The molecule has 0 bridgehead atoms. The van der Waals surface area contributed by atoms with Crippen LogP contribution in [0, 0.1) is 0 Å². The molecule has 2 heterocycles. The summed E-state index contributed by atoms with van der Waals surface area (Å²) >= 11 is 0. The average Bonchev–Trinajstić information content (AvgIpc) is 2.90. The minimum atomic E-state index is 0.0936. The lowest BCUT2D eigenvalue weighted by molar-refractivity contribution is -0.137. The number of nitrogens with one attached hydrogen (secondary N) is 1. The lowest BCUT2D eigenvalue weighted by atomic mass is 9.95. The van der Waals surface area contributed by atoms with E-state index in [1.807, 2.05) is 17.9 Å². The predicted octanol–water partition coefficient (Wildman–Crippen LogP) is 1.15. The fourth-order valence-electron chi connectivity index (χ4n) is 2.23. The summed E-state index contributed by atoms with van der Waals surface area (Å²) in [6, 6.07) is 1.99. The Morgan fingerprint density at radius 3 is 3.29 bits per heavy atom. The SMILES string of the molecule is CCOCC(=O)N1CCC[C@@H](c2ccn[nH]2)C1. The first-order valence-electron chi connectivity index (χ1n) is 6.16. The van der Waals surface area contributed by atoms with Crippen LogP contribution in [0.1, 0.15) is 31.4 Å². The highest BCUT2D eigenvalue weighted by molar-refractivity contribution is 5.77. The van der Waals surface area contributed by atoms with Crippen molar-refractivity contribution < 1.29 is 9.53 Å². The Morgan fingerprint density at radius 1 is 1.71 bits per heavy atom. The van der Waals surface area contributed by atoms with E-state index in [1.165, 1.54) is 0 Å². The number of ether oxygens (including phenoxy) is 1. The maximum absolute atomic E-state index is 11.8. The van der Waals surface area contributed by atoms with Gasteiger partial charge >= 0.3 is 0 Å². The largest absolute Gasteiger partial charge is 0.372 e. The van der Waals surface area contributed by atoms with Crippen LogP contribution in [0.15, 0.2) is 12.3 Å². The summed E-state index contributed by atoms with van der Waals surface area (Å²) in [4.78, 5) is 13.7. The van der Waals surface area contributed by atoms with Crippen LogP contribution in [0.5, 0.6) is 0 Å². The third-order valence-corrected chi connectivity index (χ3v) is 3.17. The molecule has 1 saturated heterocycles. The molecule has 0 unspecified atom stereocenters. The molecule has 0 aromatic carbocycles. The van der Waals surface area contributed by atoms with Gasteiger partial charge < -0.3 is 9.64 Å². The molecule has 1 aromatic heterocycles. The minimum Gasteiger partial charge on any atom is -0.372 e. The standard InChI is InChI=1S/C12H19N3O2/c1-2-17-9-12(16)15-7-3-4-10(8-15)11-5-6-13-14-11/h5-6,10H,2-4,7-9H2,1H3,(H,13,14)/t10-/m1/s1. The zero-order valence-corrected chi connectivity index (χ0v) is 10.2. The third-order valence-electron chi connectivity index (χ3n) is 3.17. The Labute approximate surface area is 101 Å². The van der Waals surface area contributed by atoms with Crippen molar-refractivity contribution in [1.82, 2.24) is 15.1 Å². The first-order chi connectivity index (χ1) is 8.31. The second-order valence-corrected chi connectivity index (χ2v) is 4.33. The number of likely N-dealkylation sites (tertiary alicyclic amines) is 1. The van der Waals surface area contributed by atoms with E-state index < -0.39 is 0 Å². The van der Waals surface area contributed by atoms with E-state index in [1.54, 1.807) is 6.20 Å². The van der Waals surface area contributed by atoms with Crippen LogP contribution in [0.2, 0.25) is 0 Å². The molecule has 0 spiro atoms. The van der Waals surface area contributed by atoms with Gasteiger partial charge in [0.05, 0.1) is 0 Å². The molecule has 1 aromatic rings. The van der Waals surface area contributed by atoms with Gasteiger partial charge in [0.15, 0.2) is 0 Å². The maximum Gasteiger partial charge on any atom is 0.248 e. The summed E-state index contributed by atoms with van der Waals surface area (Å²) in [5.74, 6) is 0.480. The Kier molecular flexibility index (Phi) is 4.14. The lowest BCUT2D eigenvalue weighted by Gasteiger charge is -2.32.